The predicted octanol–water partition coefficient (Wildman–Crippen LogP) is 10.8. The Hall–Kier alpha value is -5.60. The normalized spacial score (nSPS) is 22.1. The number of pyridine rings is 1. The van der Waals surface area contributed by atoms with Gasteiger partial charge in [-0.05, 0) is 87.9 Å². The summed E-state index contributed by atoms with van der Waals surface area (Å²) in [7, 11) is 0. The fourth-order valence-electron chi connectivity index (χ4n) is 10.0. The second kappa shape index (κ2) is 16.1. The molecule has 5 atom stereocenters. The lowest BCUT2D eigenvalue weighted by molar-refractivity contribution is -0.138. The van der Waals surface area contributed by atoms with E-state index in [-0.39, 0.29) is 82.3 Å². The second-order valence-electron chi connectivity index (χ2n) is 18.9. The number of Topliss-reactive ketones (excluding diaryl/α,β-unsaturated/α-hetero) is 1. The number of ketones is 1. The summed E-state index contributed by atoms with van der Waals surface area (Å²) in [6.07, 6.45) is 1.72. The molecule has 3 aromatic carbocycles. The largest absolute Gasteiger partial charge is 0.444 e. The molecular weight excluding hydrogens is 861 g/mol. The molecule has 5 fully saturated rings. The molecule has 2 aromatic heterocycles. The van der Waals surface area contributed by atoms with Gasteiger partial charge in [-0.25, -0.2) is 18.6 Å². The van der Waals surface area contributed by atoms with Crippen LogP contribution in [0.15, 0.2) is 48.5 Å². The Kier molecular flexibility index (Phi) is 11.0. The van der Waals surface area contributed by atoms with Crippen molar-refractivity contribution in [2.24, 2.45) is 11.3 Å². The summed E-state index contributed by atoms with van der Waals surface area (Å²) < 4.78 is 46.2. The minimum absolute atomic E-state index is 0.00718. The summed E-state index contributed by atoms with van der Waals surface area (Å²) in [6.45, 7) is 9.40. The van der Waals surface area contributed by atoms with Crippen LogP contribution in [0.4, 0.5) is 13.6 Å². The maximum atomic E-state index is 17.7. The molecule has 64 heavy (non-hydrogen) atoms. The third-order valence-electron chi connectivity index (χ3n) is 13.4. The molecular formula is C49H46Cl2F2N6O5. The molecule has 2 aliphatic carbocycles. The van der Waals surface area contributed by atoms with Crippen LogP contribution in [0.25, 0.3) is 32.9 Å². The molecule has 3 saturated heterocycles. The number of nitriles is 2. The van der Waals surface area contributed by atoms with Gasteiger partial charge in [0.25, 0.3) is 0 Å². The first kappa shape index (κ1) is 43.6. The first-order valence-electron chi connectivity index (χ1n) is 21.6. The van der Waals surface area contributed by atoms with Crippen molar-refractivity contribution in [2.45, 2.75) is 110 Å². The molecule has 0 N–H and O–H groups in total. The van der Waals surface area contributed by atoms with Crippen LogP contribution < -0.4 is 0 Å². The van der Waals surface area contributed by atoms with Gasteiger partial charge in [-0.1, -0.05) is 48.3 Å². The summed E-state index contributed by atoms with van der Waals surface area (Å²) in [5.41, 5.74) is 1.43. The van der Waals surface area contributed by atoms with Crippen LogP contribution in [0.2, 0.25) is 10.0 Å². The minimum Gasteiger partial charge on any atom is -0.444 e. The Labute approximate surface area is 379 Å². The van der Waals surface area contributed by atoms with E-state index in [9.17, 15) is 29.3 Å². The van der Waals surface area contributed by atoms with Gasteiger partial charge in [0.15, 0.2) is 11.6 Å². The van der Waals surface area contributed by atoms with Crippen LogP contribution in [0.5, 0.6) is 0 Å². The van der Waals surface area contributed by atoms with Gasteiger partial charge in [-0.15, -0.1) is 0 Å². The number of aromatic nitrogens is 2. The van der Waals surface area contributed by atoms with E-state index in [1.165, 1.54) is 19.1 Å². The highest BCUT2D eigenvalue weighted by molar-refractivity contribution is 6.43. The lowest BCUT2D eigenvalue weighted by Crippen LogP contribution is -2.45. The van der Waals surface area contributed by atoms with Crippen molar-refractivity contribution in [3.63, 3.8) is 0 Å². The Morgan fingerprint density at radius 2 is 1.75 bits per heavy atom. The number of rotatable bonds is 10. The maximum absolute atomic E-state index is 17.7. The van der Waals surface area contributed by atoms with Crippen molar-refractivity contribution in [3.8, 4) is 23.3 Å². The zero-order chi connectivity index (χ0) is 45.6. The molecule has 15 heteroatoms. The van der Waals surface area contributed by atoms with E-state index >= 15 is 4.39 Å². The monoisotopic (exact) mass is 906 g/mol. The molecule has 0 unspecified atom stereocenters. The second-order valence-corrected chi connectivity index (χ2v) is 19.7. The smallest absolute Gasteiger partial charge is 0.410 e. The average molecular weight is 908 g/mol. The zero-order valence-electron chi connectivity index (χ0n) is 36.1. The van der Waals surface area contributed by atoms with Crippen LogP contribution in [-0.2, 0) is 27.3 Å². The first-order chi connectivity index (χ1) is 30.4. The average Bonchev–Trinajstić information content (AvgIpc) is 3.63. The molecule has 10 rings (SSSR count). The minimum atomic E-state index is -0.745. The molecule has 5 aromatic rings. The Morgan fingerprint density at radius 3 is 2.44 bits per heavy atom. The first-order valence-corrected chi connectivity index (χ1v) is 22.3. The van der Waals surface area contributed by atoms with E-state index in [2.05, 4.69) is 10.6 Å². The van der Waals surface area contributed by atoms with E-state index in [0.717, 1.165) is 18.9 Å². The fraction of sp³-hybridized carbons (Fsp3) is 0.429. The standard InChI is InChI=1S/C49H46Cl2F2N6O5/c1-25(60)42-34-20-37(36-19-31(23-57(36)46(61)49(5)13-14-49)63-24-27-11-12-30(52)16-28(27)21-55)59(44-29-18-38(44)58(22-29)47(62)64-48(2,3)4)45(34)33-17-26(8-7-15-54)39(41(53)43(33)56-42)32-9-6-10-35(50)40(32)51/h6,9-12,16-17,20,29,31,36,38,44H,7-8,13-14,18-19,22-24H2,1-5H3/t29-,31+,36-,38-,44+/m1/s1. The zero-order valence-corrected chi connectivity index (χ0v) is 37.6. The van der Waals surface area contributed by atoms with Crippen LogP contribution >= 0.6 is 23.2 Å². The lowest BCUT2D eigenvalue weighted by atomic mass is 9.79. The van der Waals surface area contributed by atoms with Gasteiger partial charge >= 0.3 is 6.09 Å². The Balaban J connectivity index is 1.27. The van der Waals surface area contributed by atoms with Gasteiger partial charge < -0.3 is 23.8 Å². The van der Waals surface area contributed by atoms with Crippen LogP contribution in [0.3, 0.4) is 0 Å². The van der Waals surface area contributed by atoms with Crippen molar-refractivity contribution in [1.82, 2.24) is 19.4 Å². The van der Waals surface area contributed by atoms with E-state index in [0.29, 0.717) is 58.1 Å². The number of carbonyl (C=O) groups excluding carboxylic acids is 3. The molecule has 3 aliphatic heterocycles. The Morgan fingerprint density at radius 1 is 0.984 bits per heavy atom. The number of halogens is 4. The van der Waals surface area contributed by atoms with E-state index in [4.69, 9.17) is 37.7 Å². The number of likely N-dealkylation sites (tertiary alicyclic amines) is 1. The number of hydrogen-bond acceptors (Lipinski definition) is 8. The van der Waals surface area contributed by atoms with Crippen molar-refractivity contribution in [1.29, 1.82) is 10.5 Å². The molecule has 0 spiro atoms. The number of fused-ring (bicyclic) bond motifs is 4. The highest BCUT2D eigenvalue weighted by Gasteiger charge is 2.58. The predicted molar refractivity (Wildman–Crippen MR) is 237 cm³/mol. The summed E-state index contributed by atoms with van der Waals surface area (Å²) in [5.74, 6) is -1.77. The summed E-state index contributed by atoms with van der Waals surface area (Å²) in [4.78, 5) is 50.5. The number of ether oxygens (including phenoxy) is 2. The lowest BCUT2D eigenvalue weighted by Gasteiger charge is -2.40. The van der Waals surface area contributed by atoms with Gasteiger partial charge in [-0.2, -0.15) is 10.5 Å². The molecule has 11 nitrogen and oxygen atoms in total. The van der Waals surface area contributed by atoms with E-state index in [1.807, 2.05) is 50.8 Å². The summed E-state index contributed by atoms with van der Waals surface area (Å²) in [5, 5.41) is 20.7. The number of hydrogen-bond donors (Lipinski definition) is 0. The molecule has 330 valence electrons. The van der Waals surface area contributed by atoms with Crippen molar-refractivity contribution >= 4 is 62.8 Å². The highest BCUT2D eigenvalue weighted by atomic mass is 35.5. The van der Waals surface area contributed by atoms with Crippen LogP contribution in [0.1, 0.15) is 112 Å². The number of nitrogens with zero attached hydrogens (tertiary/aromatic N) is 6. The van der Waals surface area contributed by atoms with E-state index in [1.54, 1.807) is 23.1 Å². The summed E-state index contributed by atoms with van der Waals surface area (Å²) in [6, 6.07) is 15.5. The SMILES string of the molecule is CC(=O)c1nc2c(F)c(-c3cccc(Cl)c3Cl)c(CCC#N)cc2c2c1cc([C@H]1C[C@H](OCc3ccc(F)cc3C#N)CN1C(=O)C1(C)CC1)n2[C@H]1[C@@H]2C[C@H]1N(C(=O)OC(C)(C)C)C2. The number of amides is 2. The molecule has 0 radical (unpaired) electrons. The number of aryl methyl sites for hydroxylation is 1. The fourth-order valence-corrected chi connectivity index (χ4v) is 10.4. The third-order valence-corrected chi connectivity index (χ3v) is 14.2. The topological polar surface area (TPSA) is 142 Å². The van der Waals surface area contributed by atoms with Crippen molar-refractivity contribution in [2.75, 3.05) is 13.1 Å². The third kappa shape index (κ3) is 7.45. The van der Waals surface area contributed by atoms with Gasteiger partial charge in [0, 0.05) is 71.8 Å². The van der Waals surface area contributed by atoms with Crippen molar-refractivity contribution < 1.29 is 32.6 Å². The van der Waals surface area contributed by atoms with Crippen LogP contribution in [-0.4, -0.2) is 68.0 Å². The quantitative estimate of drug-likeness (QED) is 0.126. The van der Waals surface area contributed by atoms with E-state index < -0.39 is 46.7 Å². The van der Waals surface area contributed by atoms with Gasteiger partial charge in [-0.3, -0.25) is 9.59 Å². The number of benzene rings is 3. The summed E-state index contributed by atoms with van der Waals surface area (Å²) >= 11 is 13.2. The van der Waals surface area contributed by atoms with Gasteiger partial charge in [0.05, 0.1) is 64.1 Å². The van der Waals surface area contributed by atoms with Gasteiger partial charge in [0.2, 0.25) is 5.91 Å². The van der Waals surface area contributed by atoms with Crippen LogP contribution in [0, 0.1) is 45.6 Å². The molecule has 5 heterocycles. The highest BCUT2D eigenvalue weighted by Crippen LogP contribution is 2.55. The van der Waals surface area contributed by atoms with Gasteiger partial charge in [0.1, 0.15) is 22.6 Å². The number of carbonyl (C=O) groups is 3. The Bertz CT molecular complexity index is 2890. The van der Waals surface area contributed by atoms with Crippen molar-refractivity contribution in [3.05, 3.63) is 98.3 Å². The molecule has 2 saturated carbocycles. The molecule has 5 aliphatic rings. The molecule has 2 amide bonds. The maximum Gasteiger partial charge on any atom is 0.410 e. The molecule has 2 bridgehead atoms.